The minimum atomic E-state index is -0.251. The van der Waals surface area contributed by atoms with E-state index in [2.05, 4.69) is 13.0 Å². The third-order valence-electron chi connectivity index (χ3n) is 3.09. The van der Waals surface area contributed by atoms with Crippen LogP contribution < -0.4 is 4.74 Å². The lowest BCUT2D eigenvalue weighted by Gasteiger charge is -2.15. The van der Waals surface area contributed by atoms with Gasteiger partial charge in [-0.05, 0) is 39.8 Å². The van der Waals surface area contributed by atoms with E-state index >= 15 is 0 Å². The highest BCUT2D eigenvalue weighted by molar-refractivity contribution is 6.23. The Balaban J connectivity index is 2.45. The normalized spacial score (nSPS) is 12.5. The van der Waals surface area contributed by atoms with E-state index in [1.165, 1.54) is 5.56 Å². The van der Waals surface area contributed by atoms with Gasteiger partial charge in [0, 0.05) is 11.1 Å². The number of hydrogen-bond acceptors (Lipinski definition) is 2. The lowest BCUT2D eigenvalue weighted by molar-refractivity contribution is 0.336. The topological polar surface area (TPSA) is 22.4 Å². The maximum Gasteiger partial charge on any atom is 0.124 e. The van der Waals surface area contributed by atoms with Gasteiger partial charge < -0.3 is 9.15 Å². The Hall–Kier alpha value is -1.41. The van der Waals surface area contributed by atoms with Crippen molar-refractivity contribution in [2.75, 3.05) is 6.61 Å². The monoisotopic (exact) mass is 278 g/mol. The third-order valence-corrected chi connectivity index (χ3v) is 3.56. The summed E-state index contributed by atoms with van der Waals surface area (Å²) in [6.07, 6.45) is 0. The van der Waals surface area contributed by atoms with E-state index in [9.17, 15) is 0 Å². The molecule has 0 aliphatic rings. The van der Waals surface area contributed by atoms with E-state index in [0.29, 0.717) is 6.61 Å². The molecule has 2 aromatic rings. The van der Waals surface area contributed by atoms with Crippen molar-refractivity contribution in [1.29, 1.82) is 0 Å². The predicted octanol–water partition coefficient (Wildman–Crippen LogP) is 4.93. The predicted molar refractivity (Wildman–Crippen MR) is 78.2 cm³/mol. The fraction of sp³-hybridized carbons (Fsp3) is 0.375. The molecule has 19 heavy (non-hydrogen) atoms. The molecule has 1 heterocycles. The van der Waals surface area contributed by atoms with Crippen LogP contribution in [0.1, 0.15) is 40.5 Å². The molecule has 2 rings (SSSR count). The highest BCUT2D eigenvalue weighted by Gasteiger charge is 2.20. The molecule has 0 radical (unpaired) electrons. The van der Waals surface area contributed by atoms with E-state index in [1.807, 2.05) is 39.0 Å². The molecule has 0 aliphatic heterocycles. The third kappa shape index (κ3) is 2.95. The van der Waals surface area contributed by atoms with Crippen molar-refractivity contribution in [2.24, 2.45) is 0 Å². The van der Waals surface area contributed by atoms with Crippen molar-refractivity contribution in [3.63, 3.8) is 0 Å². The molecule has 0 saturated carbocycles. The van der Waals surface area contributed by atoms with Crippen LogP contribution in [-0.4, -0.2) is 6.61 Å². The Morgan fingerprint density at radius 2 is 1.89 bits per heavy atom. The molecule has 1 aromatic heterocycles. The lowest BCUT2D eigenvalue weighted by atomic mass is 10.0. The number of furan rings is 1. The molecule has 0 saturated heterocycles. The van der Waals surface area contributed by atoms with E-state index < -0.39 is 0 Å². The molecular weight excluding hydrogens is 260 g/mol. The Labute approximate surface area is 119 Å². The first-order chi connectivity index (χ1) is 9.02. The second-order valence-corrected chi connectivity index (χ2v) is 5.14. The van der Waals surface area contributed by atoms with E-state index in [-0.39, 0.29) is 5.38 Å². The molecule has 3 heteroatoms. The van der Waals surface area contributed by atoms with Crippen LogP contribution in [-0.2, 0) is 0 Å². The van der Waals surface area contributed by atoms with Crippen LogP contribution in [0.4, 0.5) is 0 Å². The zero-order valence-electron chi connectivity index (χ0n) is 11.8. The smallest absolute Gasteiger partial charge is 0.124 e. The molecule has 0 aliphatic carbocycles. The number of benzene rings is 1. The molecule has 0 N–H and O–H groups in total. The SMILES string of the molecule is CCOc1ccc(C)cc1C(Cl)c1cc(C)oc1C. The Morgan fingerprint density at radius 3 is 2.47 bits per heavy atom. The molecule has 1 unspecified atom stereocenters. The summed E-state index contributed by atoms with van der Waals surface area (Å²) in [6.45, 7) is 8.52. The van der Waals surface area contributed by atoms with Crippen molar-refractivity contribution in [3.8, 4) is 5.75 Å². The minimum Gasteiger partial charge on any atom is -0.494 e. The van der Waals surface area contributed by atoms with E-state index in [0.717, 1.165) is 28.4 Å². The van der Waals surface area contributed by atoms with Gasteiger partial charge in [-0.15, -0.1) is 11.6 Å². The lowest BCUT2D eigenvalue weighted by Crippen LogP contribution is -2.01. The summed E-state index contributed by atoms with van der Waals surface area (Å²) in [5.74, 6) is 2.58. The molecule has 1 aromatic carbocycles. The maximum absolute atomic E-state index is 6.62. The van der Waals surface area contributed by atoms with Gasteiger partial charge in [0.15, 0.2) is 0 Å². The average molecular weight is 279 g/mol. The Kier molecular flexibility index (Phi) is 4.20. The van der Waals surface area contributed by atoms with Crippen LogP contribution in [0.2, 0.25) is 0 Å². The molecule has 0 bridgehead atoms. The van der Waals surface area contributed by atoms with Crippen LogP contribution in [0.15, 0.2) is 28.7 Å². The summed E-state index contributed by atoms with van der Waals surface area (Å²) in [5, 5.41) is -0.251. The standard InChI is InChI=1S/C16H19ClO2/c1-5-18-15-7-6-10(2)8-14(15)16(17)13-9-11(3)19-12(13)4/h6-9,16H,5H2,1-4H3. The van der Waals surface area contributed by atoms with Gasteiger partial charge in [0.2, 0.25) is 0 Å². The summed E-state index contributed by atoms with van der Waals surface area (Å²) < 4.78 is 11.2. The number of aryl methyl sites for hydroxylation is 3. The Bertz CT molecular complexity index is 572. The van der Waals surface area contributed by atoms with Gasteiger partial charge in [-0.3, -0.25) is 0 Å². The summed E-state index contributed by atoms with van der Waals surface area (Å²) in [7, 11) is 0. The van der Waals surface area contributed by atoms with Gasteiger partial charge in [-0.2, -0.15) is 0 Å². The van der Waals surface area contributed by atoms with E-state index in [1.54, 1.807) is 0 Å². The van der Waals surface area contributed by atoms with Gasteiger partial charge in [-0.1, -0.05) is 17.7 Å². The summed E-state index contributed by atoms with van der Waals surface area (Å²) in [5.41, 5.74) is 3.17. The number of alkyl halides is 1. The highest BCUT2D eigenvalue weighted by atomic mass is 35.5. The number of rotatable bonds is 4. The van der Waals surface area contributed by atoms with Crippen molar-refractivity contribution in [2.45, 2.75) is 33.1 Å². The minimum absolute atomic E-state index is 0.251. The average Bonchev–Trinajstić information content (AvgIpc) is 2.70. The van der Waals surface area contributed by atoms with Crippen molar-refractivity contribution in [1.82, 2.24) is 0 Å². The summed E-state index contributed by atoms with van der Waals surface area (Å²) in [4.78, 5) is 0. The van der Waals surface area contributed by atoms with Gasteiger partial charge in [-0.25, -0.2) is 0 Å². The summed E-state index contributed by atoms with van der Waals surface area (Å²) >= 11 is 6.62. The molecule has 102 valence electrons. The second-order valence-electron chi connectivity index (χ2n) is 4.71. The van der Waals surface area contributed by atoms with Crippen LogP contribution in [0.3, 0.4) is 0 Å². The first-order valence-corrected chi connectivity index (χ1v) is 6.91. The van der Waals surface area contributed by atoms with Crippen molar-refractivity contribution >= 4 is 11.6 Å². The van der Waals surface area contributed by atoms with E-state index in [4.69, 9.17) is 20.8 Å². The molecular formula is C16H19ClO2. The van der Waals surface area contributed by atoms with Gasteiger partial charge >= 0.3 is 0 Å². The first-order valence-electron chi connectivity index (χ1n) is 6.47. The van der Waals surface area contributed by atoms with Gasteiger partial charge in [0.25, 0.3) is 0 Å². The maximum atomic E-state index is 6.62. The number of halogens is 1. The first kappa shape index (κ1) is 14.0. The molecule has 0 amide bonds. The quantitative estimate of drug-likeness (QED) is 0.740. The highest BCUT2D eigenvalue weighted by Crippen LogP contribution is 2.38. The van der Waals surface area contributed by atoms with Crippen LogP contribution in [0.25, 0.3) is 0 Å². The van der Waals surface area contributed by atoms with Crippen LogP contribution in [0.5, 0.6) is 5.75 Å². The zero-order chi connectivity index (χ0) is 14.0. The summed E-state index contributed by atoms with van der Waals surface area (Å²) in [6, 6.07) is 8.08. The largest absolute Gasteiger partial charge is 0.494 e. The fourth-order valence-corrected chi connectivity index (χ4v) is 2.61. The molecule has 0 fully saturated rings. The molecule has 2 nitrogen and oxygen atoms in total. The molecule has 1 atom stereocenters. The fourth-order valence-electron chi connectivity index (χ4n) is 2.22. The Morgan fingerprint density at radius 1 is 1.16 bits per heavy atom. The zero-order valence-corrected chi connectivity index (χ0v) is 12.5. The number of ether oxygens (including phenoxy) is 1. The van der Waals surface area contributed by atoms with Crippen LogP contribution in [0, 0.1) is 20.8 Å². The second kappa shape index (κ2) is 5.70. The number of hydrogen-bond donors (Lipinski definition) is 0. The van der Waals surface area contributed by atoms with Crippen LogP contribution >= 0.6 is 11.6 Å². The van der Waals surface area contributed by atoms with Crippen molar-refractivity contribution < 1.29 is 9.15 Å². The van der Waals surface area contributed by atoms with Gasteiger partial charge in [0.05, 0.1) is 12.0 Å². The van der Waals surface area contributed by atoms with Crippen molar-refractivity contribution in [3.05, 3.63) is 52.5 Å². The van der Waals surface area contributed by atoms with Gasteiger partial charge in [0.1, 0.15) is 17.3 Å². The molecule has 0 spiro atoms.